The van der Waals surface area contributed by atoms with Crippen LogP contribution in [0.5, 0.6) is 0 Å². The summed E-state index contributed by atoms with van der Waals surface area (Å²) in [7, 11) is 1.73. The third-order valence-corrected chi connectivity index (χ3v) is 4.65. The van der Waals surface area contributed by atoms with Gasteiger partial charge in [-0.05, 0) is 31.4 Å². The number of carbonyl (C=O) groups is 1. The lowest BCUT2D eigenvalue weighted by Gasteiger charge is -2.24. The average molecular weight is 369 g/mol. The Labute approximate surface area is 159 Å². The number of benzene rings is 1. The lowest BCUT2D eigenvalue weighted by Crippen LogP contribution is -2.39. The number of carbonyl (C=O) groups excluding carboxylic acids is 1. The van der Waals surface area contributed by atoms with Gasteiger partial charge in [0.2, 0.25) is 11.8 Å². The lowest BCUT2D eigenvalue weighted by molar-refractivity contribution is -0.127. The van der Waals surface area contributed by atoms with E-state index in [-0.39, 0.29) is 11.8 Å². The maximum atomic E-state index is 11.8. The van der Waals surface area contributed by atoms with E-state index in [4.69, 9.17) is 4.42 Å². The van der Waals surface area contributed by atoms with Crippen molar-refractivity contribution in [3.05, 3.63) is 42.3 Å². The Kier molecular flexibility index (Phi) is 6.84. The lowest BCUT2D eigenvalue weighted by atomic mass is 9.85. The van der Waals surface area contributed by atoms with Crippen LogP contribution in [0, 0.1) is 5.92 Å². The molecule has 0 unspecified atom stereocenters. The summed E-state index contributed by atoms with van der Waals surface area (Å²) in [5.41, 5.74) is 1.76. The maximum absolute atomic E-state index is 11.8. The summed E-state index contributed by atoms with van der Waals surface area (Å²) in [5.74, 6) is 1.75. The first-order valence-electron chi connectivity index (χ1n) is 9.48. The van der Waals surface area contributed by atoms with E-state index in [0.29, 0.717) is 24.9 Å². The second-order valence-corrected chi connectivity index (χ2v) is 6.63. The van der Waals surface area contributed by atoms with Crippen LogP contribution < -0.4 is 16.0 Å². The van der Waals surface area contributed by atoms with Crippen molar-refractivity contribution >= 4 is 11.9 Å². The van der Waals surface area contributed by atoms with E-state index in [1.54, 1.807) is 13.3 Å². The number of aromatic nitrogens is 1. The van der Waals surface area contributed by atoms with E-state index in [1.165, 1.54) is 6.42 Å². The van der Waals surface area contributed by atoms with E-state index in [1.807, 2.05) is 30.3 Å². The zero-order valence-electron chi connectivity index (χ0n) is 15.7. The molecular formula is C20H27N5O2. The van der Waals surface area contributed by atoms with Crippen LogP contribution in [-0.2, 0) is 11.3 Å². The predicted molar refractivity (Wildman–Crippen MR) is 105 cm³/mol. The summed E-state index contributed by atoms with van der Waals surface area (Å²) in [6.45, 7) is 1.94. The Bertz CT molecular complexity index is 753. The number of aliphatic imine (C=N–C) groups is 1. The van der Waals surface area contributed by atoms with Gasteiger partial charge >= 0.3 is 0 Å². The summed E-state index contributed by atoms with van der Waals surface area (Å²) in [6, 6.07) is 9.81. The van der Waals surface area contributed by atoms with Crippen LogP contribution in [0.15, 0.2) is 46.0 Å². The molecule has 2 aromatic rings. The molecule has 0 aliphatic heterocycles. The molecule has 0 atom stereocenters. The first-order valence-corrected chi connectivity index (χ1v) is 9.48. The summed E-state index contributed by atoms with van der Waals surface area (Å²) in [4.78, 5) is 20.4. The van der Waals surface area contributed by atoms with E-state index >= 15 is 0 Å². The summed E-state index contributed by atoms with van der Waals surface area (Å²) < 4.78 is 5.53. The molecule has 27 heavy (non-hydrogen) atoms. The summed E-state index contributed by atoms with van der Waals surface area (Å²) >= 11 is 0. The molecule has 3 N–H and O–H groups in total. The van der Waals surface area contributed by atoms with Crippen LogP contribution in [0.4, 0.5) is 0 Å². The van der Waals surface area contributed by atoms with Gasteiger partial charge in [-0.1, -0.05) is 24.6 Å². The van der Waals surface area contributed by atoms with E-state index in [2.05, 4.69) is 25.9 Å². The van der Waals surface area contributed by atoms with Gasteiger partial charge in [-0.25, -0.2) is 4.98 Å². The number of amides is 1. The molecule has 1 aliphatic carbocycles. The number of nitrogens with one attached hydrogen (secondary N) is 3. The minimum atomic E-state index is 0.198. The highest BCUT2D eigenvalue weighted by Crippen LogP contribution is 2.26. The van der Waals surface area contributed by atoms with Gasteiger partial charge in [-0.3, -0.25) is 9.79 Å². The third-order valence-electron chi connectivity index (χ3n) is 4.65. The van der Waals surface area contributed by atoms with Crippen molar-refractivity contribution in [1.82, 2.24) is 20.9 Å². The minimum Gasteiger partial charge on any atom is -0.444 e. The largest absolute Gasteiger partial charge is 0.444 e. The van der Waals surface area contributed by atoms with Crippen LogP contribution in [0.1, 0.15) is 31.4 Å². The Morgan fingerprint density at radius 1 is 1.19 bits per heavy atom. The Morgan fingerprint density at radius 2 is 1.96 bits per heavy atom. The topological polar surface area (TPSA) is 91.5 Å². The van der Waals surface area contributed by atoms with E-state index in [0.717, 1.165) is 37.1 Å². The van der Waals surface area contributed by atoms with Crippen LogP contribution >= 0.6 is 0 Å². The quantitative estimate of drug-likeness (QED) is 0.377. The molecule has 1 heterocycles. The molecule has 0 radical (unpaired) electrons. The maximum Gasteiger partial charge on any atom is 0.226 e. The van der Waals surface area contributed by atoms with Gasteiger partial charge in [0.15, 0.2) is 5.96 Å². The van der Waals surface area contributed by atoms with E-state index < -0.39 is 0 Å². The van der Waals surface area contributed by atoms with Crippen molar-refractivity contribution in [1.29, 1.82) is 0 Å². The molecule has 0 spiro atoms. The Balaban J connectivity index is 1.34. The first kappa shape index (κ1) is 18.9. The van der Waals surface area contributed by atoms with Gasteiger partial charge in [0, 0.05) is 31.6 Å². The smallest absolute Gasteiger partial charge is 0.226 e. The van der Waals surface area contributed by atoms with Crippen molar-refractivity contribution < 1.29 is 9.21 Å². The van der Waals surface area contributed by atoms with Gasteiger partial charge < -0.3 is 20.4 Å². The fourth-order valence-corrected chi connectivity index (χ4v) is 2.82. The number of hydrogen-bond acceptors (Lipinski definition) is 4. The molecule has 1 aromatic carbocycles. The van der Waals surface area contributed by atoms with Gasteiger partial charge in [-0.2, -0.15) is 0 Å². The zero-order valence-corrected chi connectivity index (χ0v) is 15.7. The van der Waals surface area contributed by atoms with Crippen LogP contribution in [0.2, 0.25) is 0 Å². The first-order chi connectivity index (χ1) is 13.3. The molecule has 1 aromatic heterocycles. The molecular weight excluding hydrogens is 342 g/mol. The molecule has 1 amide bonds. The average Bonchev–Trinajstić information content (AvgIpc) is 3.12. The van der Waals surface area contributed by atoms with Crippen LogP contribution in [0.3, 0.4) is 0 Å². The number of guanidine groups is 1. The summed E-state index contributed by atoms with van der Waals surface area (Å²) in [6.07, 6.45) is 5.75. The molecule has 7 heteroatoms. The second kappa shape index (κ2) is 9.75. The molecule has 1 aliphatic rings. The van der Waals surface area contributed by atoms with Gasteiger partial charge in [-0.15, -0.1) is 0 Å². The predicted octanol–water partition coefficient (Wildman–Crippen LogP) is 2.31. The van der Waals surface area contributed by atoms with Crippen LogP contribution in [-0.4, -0.2) is 37.0 Å². The van der Waals surface area contributed by atoms with E-state index in [9.17, 15) is 4.79 Å². The number of hydrogen-bond donors (Lipinski definition) is 3. The Morgan fingerprint density at radius 3 is 2.67 bits per heavy atom. The van der Waals surface area contributed by atoms with Crippen molar-refractivity contribution in [2.45, 2.75) is 32.2 Å². The fraction of sp³-hybridized carbons (Fsp3) is 0.450. The van der Waals surface area contributed by atoms with Crippen molar-refractivity contribution in [2.24, 2.45) is 10.9 Å². The highest BCUT2D eigenvalue weighted by atomic mass is 16.3. The minimum absolute atomic E-state index is 0.198. The molecule has 1 fully saturated rings. The van der Waals surface area contributed by atoms with Crippen molar-refractivity contribution in [2.75, 3.05) is 20.1 Å². The fourth-order valence-electron chi connectivity index (χ4n) is 2.82. The molecule has 7 nitrogen and oxygen atoms in total. The standard InChI is InChI=1S/C20H27N5O2/c1-21-20(23-12-6-11-22-18(26)15-9-5-10-15)24-13-17-14-27-19(25-17)16-7-3-2-4-8-16/h2-4,7-8,14-15H,5-6,9-13H2,1H3,(H,22,26)(H2,21,23,24). The molecule has 144 valence electrons. The normalized spacial score (nSPS) is 14.5. The number of nitrogens with zero attached hydrogens (tertiary/aromatic N) is 2. The van der Waals surface area contributed by atoms with Gasteiger partial charge in [0.05, 0.1) is 12.2 Å². The third kappa shape index (κ3) is 5.57. The monoisotopic (exact) mass is 369 g/mol. The second-order valence-electron chi connectivity index (χ2n) is 6.63. The van der Waals surface area contributed by atoms with Gasteiger partial charge in [0.1, 0.15) is 6.26 Å². The summed E-state index contributed by atoms with van der Waals surface area (Å²) in [5, 5.41) is 9.44. The number of oxazole rings is 1. The Hall–Kier alpha value is -2.83. The van der Waals surface area contributed by atoms with Gasteiger partial charge in [0.25, 0.3) is 0 Å². The molecule has 3 rings (SSSR count). The molecule has 0 bridgehead atoms. The number of rotatable bonds is 8. The van der Waals surface area contributed by atoms with Crippen molar-refractivity contribution in [3.8, 4) is 11.5 Å². The SMILES string of the molecule is CN=C(NCCCNC(=O)C1CCC1)NCc1coc(-c2ccccc2)n1. The highest BCUT2D eigenvalue weighted by molar-refractivity contribution is 5.80. The highest BCUT2D eigenvalue weighted by Gasteiger charge is 2.24. The van der Waals surface area contributed by atoms with Crippen LogP contribution in [0.25, 0.3) is 11.5 Å². The molecule has 0 saturated heterocycles. The zero-order chi connectivity index (χ0) is 18.9. The van der Waals surface area contributed by atoms with Crippen molar-refractivity contribution in [3.63, 3.8) is 0 Å². The molecule has 1 saturated carbocycles.